The van der Waals surface area contributed by atoms with Crippen molar-refractivity contribution < 1.29 is 4.39 Å². The Labute approximate surface area is 129 Å². The molecule has 0 saturated carbocycles. The summed E-state index contributed by atoms with van der Waals surface area (Å²) in [6, 6.07) is 3.26. The molecule has 0 saturated heterocycles. The summed E-state index contributed by atoms with van der Waals surface area (Å²) < 4.78 is 13.4. The summed E-state index contributed by atoms with van der Waals surface area (Å²) in [6.07, 6.45) is 2.16. The van der Waals surface area contributed by atoms with Gasteiger partial charge in [0.15, 0.2) is 0 Å². The van der Waals surface area contributed by atoms with Crippen molar-refractivity contribution in [3.8, 4) is 0 Å². The molecule has 2 atom stereocenters. The van der Waals surface area contributed by atoms with Crippen LogP contribution in [0.25, 0.3) is 0 Å². The minimum atomic E-state index is -0.240. The largest absolute Gasteiger partial charge is 0.207 e. The van der Waals surface area contributed by atoms with Crippen molar-refractivity contribution in [1.29, 1.82) is 0 Å². The average Bonchev–Trinajstić information content (AvgIpc) is 2.20. The van der Waals surface area contributed by atoms with Gasteiger partial charge in [-0.15, -0.1) is 0 Å². The van der Waals surface area contributed by atoms with Gasteiger partial charge in [-0.2, -0.15) is 0 Å². The summed E-state index contributed by atoms with van der Waals surface area (Å²) in [5, 5.41) is 0.507. The molecule has 19 heavy (non-hydrogen) atoms. The SMILES string of the molecule is Cc1cc(C(Br)CC(C)CC(C)(C)C)c(Cl)cc1F. The van der Waals surface area contributed by atoms with E-state index >= 15 is 0 Å². The molecule has 1 rings (SSSR count). The summed E-state index contributed by atoms with van der Waals surface area (Å²) in [6.45, 7) is 10.8. The Balaban J connectivity index is 2.78. The molecule has 0 aromatic heterocycles. The first-order chi connectivity index (χ1) is 8.60. The molecule has 0 amide bonds. The first kappa shape index (κ1) is 17.0. The standard InChI is InChI=1S/C16H23BrClF/c1-10(9-16(3,4)5)6-13(17)12-7-11(2)15(19)8-14(12)18/h7-8,10,13H,6,9H2,1-5H3. The molecule has 0 fully saturated rings. The minimum absolute atomic E-state index is 0.177. The highest BCUT2D eigenvalue weighted by molar-refractivity contribution is 9.09. The second-order valence-electron chi connectivity index (χ2n) is 6.70. The molecule has 0 aliphatic heterocycles. The number of alkyl halides is 1. The lowest BCUT2D eigenvalue weighted by Crippen LogP contribution is -2.12. The monoisotopic (exact) mass is 348 g/mol. The molecule has 0 radical (unpaired) electrons. The molecule has 0 spiro atoms. The van der Waals surface area contributed by atoms with E-state index in [0.717, 1.165) is 18.4 Å². The summed E-state index contributed by atoms with van der Waals surface area (Å²) in [5.74, 6) is 0.349. The lowest BCUT2D eigenvalue weighted by molar-refractivity contribution is 0.296. The van der Waals surface area contributed by atoms with E-state index in [9.17, 15) is 4.39 Å². The number of hydrogen-bond donors (Lipinski definition) is 0. The molecule has 0 aliphatic rings. The fourth-order valence-corrected chi connectivity index (χ4v) is 3.96. The van der Waals surface area contributed by atoms with E-state index in [4.69, 9.17) is 11.6 Å². The maximum absolute atomic E-state index is 13.4. The molecule has 3 heteroatoms. The second-order valence-corrected chi connectivity index (χ2v) is 8.21. The van der Waals surface area contributed by atoms with Gasteiger partial charge < -0.3 is 0 Å². The van der Waals surface area contributed by atoms with Gasteiger partial charge in [0, 0.05) is 9.85 Å². The van der Waals surface area contributed by atoms with Crippen molar-refractivity contribution in [3.05, 3.63) is 34.1 Å². The molecule has 1 aromatic carbocycles. The highest BCUT2D eigenvalue weighted by atomic mass is 79.9. The third-order valence-electron chi connectivity index (χ3n) is 3.19. The highest BCUT2D eigenvalue weighted by Crippen LogP contribution is 2.38. The molecular weight excluding hydrogens is 327 g/mol. The zero-order chi connectivity index (χ0) is 14.8. The Morgan fingerprint density at radius 3 is 2.42 bits per heavy atom. The molecule has 0 heterocycles. The molecule has 2 unspecified atom stereocenters. The van der Waals surface area contributed by atoms with Crippen molar-refractivity contribution in [2.45, 2.75) is 52.3 Å². The van der Waals surface area contributed by atoms with Gasteiger partial charge in [-0.1, -0.05) is 61.3 Å². The van der Waals surface area contributed by atoms with Gasteiger partial charge in [-0.3, -0.25) is 0 Å². The summed E-state index contributed by atoms with van der Waals surface area (Å²) >= 11 is 9.84. The Kier molecular flexibility index (Phi) is 5.88. The van der Waals surface area contributed by atoms with Gasteiger partial charge in [-0.05, 0) is 48.3 Å². The predicted octanol–water partition coefficient (Wildman–Crippen LogP) is 6.69. The van der Waals surface area contributed by atoms with Crippen molar-refractivity contribution in [3.63, 3.8) is 0 Å². The normalized spacial score (nSPS) is 15.4. The predicted molar refractivity (Wildman–Crippen MR) is 85.7 cm³/mol. The Bertz CT molecular complexity index is 437. The van der Waals surface area contributed by atoms with E-state index in [0.29, 0.717) is 21.9 Å². The van der Waals surface area contributed by atoms with Crippen LogP contribution in [0.3, 0.4) is 0 Å². The van der Waals surface area contributed by atoms with Crippen molar-refractivity contribution in [1.82, 2.24) is 0 Å². The highest BCUT2D eigenvalue weighted by Gasteiger charge is 2.20. The van der Waals surface area contributed by atoms with Crippen LogP contribution in [0, 0.1) is 24.1 Å². The van der Waals surface area contributed by atoms with Gasteiger partial charge in [-0.25, -0.2) is 4.39 Å². The van der Waals surface area contributed by atoms with Crippen LogP contribution in [0.15, 0.2) is 12.1 Å². The van der Waals surface area contributed by atoms with Crippen molar-refractivity contribution in [2.24, 2.45) is 11.3 Å². The number of benzene rings is 1. The lowest BCUT2D eigenvalue weighted by Gasteiger charge is -2.25. The van der Waals surface area contributed by atoms with Crippen LogP contribution in [0.1, 0.15) is 56.5 Å². The molecule has 0 aliphatic carbocycles. The van der Waals surface area contributed by atoms with Crippen LogP contribution in [-0.4, -0.2) is 0 Å². The van der Waals surface area contributed by atoms with Crippen molar-refractivity contribution in [2.75, 3.05) is 0 Å². The molecule has 0 N–H and O–H groups in total. The van der Waals surface area contributed by atoms with Gasteiger partial charge >= 0.3 is 0 Å². The van der Waals surface area contributed by atoms with Gasteiger partial charge in [0.1, 0.15) is 5.82 Å². The first-order valence-corrected chi connectivity index (χ1v) is 7.99. The molecule has 0 nitrogen and oxygen atoms in total. The fourth-order valence-electron chi connectivity index (χ4n) is 2.53. The number of rotatable bonds is 4. The third-order valence-corrected chi connectivity index (χ3v) is 4.38. The molecule has 1 aromatic rings. The van der Waals surface area contributed by atoms with Gasteiger partial charge in [0.2, 0.25) is 0 Å². The van der Waals surface area contributed by atoms with E-state index in [1.54, 1.807) is 6.92 Å². The Morgan fingerprint density at radius 1 is 1.32 bits per heavy atom. The fraction of sp³-hybridized carbons (Fsp3) is 0.625. The topological polar surface area (TPSA) is 0 Å². The molecule has 0 bridgehead atoms. The zero-order valence-electron chi connectivity index (χ0n) is 12.4. The Morgan fingerprint density at radius 2 is 1.89 bits per heavy atom. The van der Waals surface area contributed by atoms with Crippen LogP contribution in [0.2, 0.25) is 5.02 Å². The van der Waals surface area contributed by atoms with Crippen LogP contribution in [0.5, 0.6) is 0 Å². The number of aryl methyl sites for hydroxylation is 1. The molecular formula is C16H23BrClF. The third kappa shape index (κ3) is 5.43. The average molecular weight is 350 g/mol. The van der Waals surface area contributed by atoms with E-state index < -0.39 is 0 Å². The van der Waals surface area contributed by atoms with Crippen molar-refractivity contribution >= 4 is 27.5 Å². The summed E-state index contributed by atoms with van der Waals surface area (Å²) in [5.41, 5.74) is 1.96. The smallest absolute Gasteiger partial charge is 0.127 e. The zero-order valence-corrected chi connectivity index (χ0v) is 14.7. The van der Waals surface area contributed by atoms with E-state index in [1.165, 1.54) is 6.07 Å². The lowest BCUT2D eigenvalue weighted by atomic mass is 9.83. The summed E-state index contributed by atoms with van der Waals surface area (Å²) in [4.78, 5) is 0.177. The van der Waals surface area contributed by atoms with E-state index in [2.05, 4.69) is 43.6 Å². The quantitative estimate of drug-likeness (QED) is 0.531. The Hall–Kier alpha value is -0.0800. The van der Waals surface area contributed by atoms with Crippen LogP contribution < -0.4 is 0 Å². The number of hydrogen-bond acceptors (Lipinski definition) is 0. The van der Waals surface area contributed by atoms with Crippen LogP contribution >= 0.6 is 27.5 Å². The molecule has 108 valence electrons. The minimum Gasteiger partial charge on any atom is -0.207 e. The van der Waals surface area contributed by atoms with Crippen LogP contribution in [0.4, 0.5) is 4.39 Å². The van der Waals surface area contributed by atoms with E-state index in [-0.39, 0.29) is 10.6 Å². The second kappa shape index (κ2) is 6.58. The van der Waals surface area contributed by atoms with Crippen LogP contribution in [-0.2, 0) is 0 Å². The van der Waals surface area contributed by atoms with Gasteiger partial charge in [0.05, 0.1) is 0 Å². The maximum atomic E-state index is 13.4. The summed E-state index contributed by atoms with van der Waals surface area (Å²) in [7, 11) is 0. The van der Waals surface area contributed by atoms with Gasteiger partial charge in [0.25, 0.3) is 0 Å². The van der Waals surface area contributed by atoms with E-state index in [1.807, 2.05) is 6.07 Å². The first-order valence-electron chi connectivity index (χ1n) is 6.70. The number of halogens is 3. The maximum Gasteiger partial charge on any atom is 0.127 e.